The van der Waals surface area contributed by atoms with Gasteiger partial charge in [0.25, 0.3) is 0 Å². The summed E-state index contributed by atoms with van der Waals surface area (Å²) in [5, 5.41) is 4.60. The predicted octanol–water partition coefficient (Wildman–Crippen LogP) is 12.1. The fourth-order valence-electron chi connectivity index (χ4n) is 7.29. The number of para-hydroxylation sites is 2. The molecule has 0 aliphatic carbocycles. The van der Waals surface area contributed by atoms with E-state index in [1.807, 2.05) is 42.5 Å². The zero-order chi connectivity index (χ0) is 33.0. The first-order chi connectivity index (χ1) is 24.8. The van der Waals surface area contributed by atoms with E-state index in [4.69, 9.17) is 14.4 Å². The summed E-state index contributed by atoms with van der Waals surface area (Å²) in [5.74, 6) is 0.690. The van der Waals surface area contributed by atoms with Crippen molar-refractivity contribution in [1.82, 2.24) is 14.5 Å². The molecule has 10 rings (SSSR count). The van der Waals surface area contributed by atoms with E-state index in [9.17, 15) is 0 Å². The zero-order valence-corrected chi connectivity index (χ0v) is 27.0. The Morgan fingerprint density at radius 2 is 1.00 bits per heavy atom. The van der Waals surface area contributed by atoms with E-state index >= 15 is 0 Å². The summed E-state index contributed by atoms with van der Waals surface area (Å²) in [7, 11) is 0. The third kappa shape index (κ3) is 4.54. The maximum absolute atomic E-state index is 6.68. The van der Waals surface area contributed by atoms with E-state index < -0.39 is 0 Å². The summed E-state index contributed by atoms with van der Waals surface area (Å²) < 4.78 is 9.05. The highest BCUT2D eigenvalue weighted by Crippen LogP contribution is 2.45. The first-order valence-electron chi connectivity index (χ1n) is 16.8. The van der Waals surface area contributed by atoms with Crippen LogP contribution in [0.3, 0.4) is 0 Å². The fourth-order valence-corrected chi connectivity index (χ4v) is 7.29. The molecule has 234 valence electrons. The lowest BCUT2D eigenvalue weighted by molar-refractivity contribution is 0.670. The lowest BCUT2D eigenvalue weighted by Gasteiger charge is -2.12. The average molecular weight is 640 g/mol. The first-order valence-corrected chi connectivity index (χ1v) is 16.8. The van der Waals surface area contributed by atoms with Gasteiger partial charge in [-0.25, -0.2) is 9.97 Å². The van der Waals surface area contributed by atoms with Crippen LogP contribution in [0.25, 0.3) is 94.5 Å². The van der Waals surface area contributed by atoms with Crippen LogP contribution >= 0.6 is 0 Å². The number of nitrogens with zero attached hydrogens (tertiary/aromatic N) is 3. The molecule has 0 aliphatic rings. The first kappa shape index (κ1) is 28.3. The molecule has 4 nitrogen and oxygen atoms in total. The Morgan fingerprint density at radius 3 is 1.66 bits per heavy atom. The van der Waals surface area contributed by atoms with Crippen molar-refractivity contribution in [3.05, 3.63) is 176 Å². The van der Waals surface area contributed by atoms with Crippen molar-refractivity contribution in [3.63, 3.8) is 0 Å². The SMILES string of the molecule is c1ccc(-c2cc(-c3ccccc3)nc(-c3ccc(-n4c5ccccc5c5cc(-c6ccccc6)c6oc7ccccc7c6c54)cc3)n2)cc1. The van der Waals surface area contributed by atoms with Gasteiger partial charge in [-0.1, -0.05) is 127 Å². The third-order valence-electron chi connectivity index (χ3n) is 9.61. The highest BCUT2D eigenvalue weighted by Gasteiger charge is 2.22. The second kappa shape index (κ2) is 11.4. The lowest BCUT2D eigenvalue weighted by atomic mass is 9.98. The molecule has 7 aromatic carbocycles. The van der Waals surface area contributed by atoms with Crippen molar-refractivity contribution in [3.8, 4) is 50.7 Å². The van der Waals surface area contributed by atoms with Crippen LogP contribution in [0.4, 0.5) is 0 Å². The van der Waals surface area contributed by atoms with Gasteiger partial charge in [-0.05, 0) is 54.1 Å². The molecule has 0 N–H and O–H groups in total. The largest absolute Gasteiger partial charge is 0.455 e. The maximum atomic E-state index is 6.68. The number of fused-ring (bicyclic) bond motifs is 7. The van der Waals surface area contributed by atoms with Gasteiger partial charge in [0, 0.05) is 44.1 Å². The summed E-state index contributed by atoms with van der Waals surface area (Å²) in [6.07, 6.45) is 0. The average Bonchev–Trinajstić information content (AvgIpc) is 3.75. The number of rotatable bonds is 5. The molecule has 50 heavy (non-hydrogen) atoms. The molecule has 0 unspecified atom stereocenters. The summed E-state index contributed by atoms with van der Waals surface area (Å²) in [4.78, 5) is 10.1. The zero-order valence-electron chi connectivity index (χ0n) is 27.0. The van der Waals surface area contributed by atoms with Crippen LogP contribution in [-0.2, 0) is 0 Å². The number of aromatic nitrogens is 3. The van der Waals surface area contributed by atoms with Crippen molar-refractivity contribution in [2.75, 3.05) is 0 Å². The van der Waals surface area contributed by atoms with Crippen molar-refractivity contribution in [2.24, 2.45) is 0 Å². The van der Waals surface area contributed by atoms with Crippen LogP contribution < -0.4 is 0 Å². The van der Waals surface area contributed by atoms with Crippen LogP contribution in [0.2, 0.25) is 0 Å². The smallest absolute Gasteiger partial charge is 0.160 e. The van der Waals surface area contributed by atoms with Crippen molar-refractivity contribution in [2.45, 2.75) is 0 Å². The van der Waals surface area contributed by atoms with Gasteiger partial charge in [0.2, 0.25) is 0 Å². The summed E-state index contributed by atoms with van der Waals surface area (Å²) in [6, 6.07) is 61.2. The van der Waals surface area contributed by atoms with E-state index in [1.165, 1.54) is 10.8 Å². The van der Waals surface area contributed by atoms with Gasteiger partial charge >= 0.3 is 0 Å². The molecule has 3 aromatic heterocycles. The van der Waals surface area contributed by atoms with Crippen LogP contribution in [0.5, 0.6) is 0 Å². The van der Waals surface area contributed by atoms with Gasteiger partial charge in [-0.2, -0.15) is 0 Å². The number of furan rings is 1. The van der Waals surface area contributed by atoms with Crippen LogP contribution in [0.15, 0.2) is 180 Å². The summed E-state index contributed by atoms with van der Waals surface area (Å²) in [6.45, 7) is 0. The van der Waals surface area contributed by atoms with Gasteiger partial charge in [0.1, 0.15) is 11.2 Å². The highest BCUT2D eigenvalue weighted by atomic mass is 16.3. The van der Waals surface area contributed by atoms with Crippen molar-refractivity contribution in [1.29, 1.82) is 0 Å². The fraction of sp³-hybridized carbons (Fsp3) is 0. The van der Waals surface area contributed by atoms with E-state index in [2.05, 4.69) is 138 Å². The third-order valence-corrected chi connectivity index (χ3v) is 9.61. The number of hydrogen-bond donors (Lipinski definition) is 0. The van der Waals surface area contributed by atoms with E-state index in [1.54, 1.807) is 0 Å². The molecule has 10 aromatic rings. The molecule has 0 atom stereocenters. The van der Waals surface area contributed by atoms with Gasteiger partial charge in [0.05, 0.1) is 27.8 Å². The van der Waals surface area contributed by atoms with Crippen molar-refractivity contribution >= 4 is 43.7 Å². The van der Waals surface area contributed by atoms with Crippen LogP contribution in [0, 0.1) is 0 Å². The van der Waals surface area contributed by atoms with Gasteiger partial charge in [0.15, 0.2) is 5.82 Å². The minimum absolute atomic E-state index is 0.690. The molecule has 0 bridgehead atoms. The molecule has 0 amide bonds. The Morgan fingerprint density at radius 1 is 0.440 bits per heavy atom. The van der Waals surface area contributed by atoms with Crippen LogP contribution in [0.1, 0.15) is 0 Å². The molecule has 0 spiro atoms. The van der Waals surface area contributed by atoms with Crippen LogP contribution in [-0.4, -0.2) is 14.5 Å². The Balaban J connectivity index is 1.20. The standard InChI is InChI=1S/C46H29N3O/c1-4-14-30(15-5-1)37-28-38-35-20-10-12-22-41(35)49(44(38)43-36-21-11-13-23-42(36)50-45(37)43)34-26-24-33(25-27-34)46-47-39(31-16-6-2-7-17-31)29-40(48-46)32-18-8-3-9-19-32/h1-29H. The molecule has 3 heterocycles. The Kier molecular flexibility index (Phi) is 6.46. The Labute approximate surface area is 288 Å². The predicted molar refractivity (Wildman–Crippen MR) is 205 cm³/mol. The van der Waals surface area contributed by atoms with E-state index in [-0.39, 0.29) is 0 Å². The molecular formula is C46H29N3O. The van der Waals surface area contributed by atoms with Gasteiger partial charge in [-0.3, -0.25) is 0 Å². The molecular weight excluding hydrogens is 611 g/mol. The molecule has 0 fully saturated rings. The second-order valence-corrected chi connectivity index (χ2v) is 12.6. The lowest BCUT2D eigenvalue weighted by Crippen LogP contribution is -1.97. The second-order valence-electron chi connectivity index (χ2n) is 12.6. The topological polar surface area (TPSA) is 43.9 Å². The monoisotopic (exact) mass is 639 g/mol. The quantitative estimate of drug-likeness (QED) is 0.188. The molecule has 4 heteroatoms. The molecule has 0 saturated carbocycles. The molecule has 0 radical (unpaired) electrons. The van der Waals surface area contributed by atoms with E-state index in [0.29, 0.717) is 5.82 Å². The highest BCUT2D eigenvalue weighted by molar-refractivity contribution is 6.27. The van der Waals surface area contributed by atoms with Gasteiger partial charge in [-0.15, -0.1) is 0 Å². The number of benzene rings is 7. The summed E-state index contributed by atoms with van der Waals surface area (Å²) >= 11 is 0. The minimum Gasteiger partial charge on any atom is -0.455 e. The Hall–Kier alpha value is -6.78. The molecule has 0 saturated heterocycles. The van der Waals surface area contributed by atoms with Crippen molar-refractivity contribution < 1.29 is 4.42 Å². The molecule has 0 aliphatic heterocycles. The normalized spacial score (nSPS) is 11.6. The van der Waals surface area contributed by atoms with Gasteiger partial charge < -0.3 is 8.98 Å². The minimum atomic E-state index is 0.690. The maximum Gasteiger partial charge on any atom is 0.160 e. The Bertz CT molecular complexity index is 2780. The number of hydrogen-bond acceptors (Lipinski definition) is 3. The van der Waals surface area contributed by atoms with E-state index in [0.717, 1.165) is 77.9 Å². The summed E-state index contributed by atoms with van der Waals surface area (Å²) in [5.41, 5.74) is 12.2.